The highest BCUT2D eigenvalue weighted by Crippen LogP contribution is 2.24. The molecule has 2 aromatic carbocycles. The number of anilines is 1. The maximum absolute atomic E-state index is 13.4. The molecule has 2 heterocycles. The SMILES string of the molecule is COc1ccc(S(=O)(=O)N(CCC(C)C)CC(=O)N2CCN(c3ccc(-c4cccc(OC)c4)nn3)CC2)cc1. The molecule has 1 aliphatic rings. The van der Waals surface area contributed by atoms with E-state index >= 15 is 0 Å². The van der Waals surface area contributed by atoms with Crippen LogP contribution in [-0.4, -0.2) is 87.2 Å². The molecule has 0 spiro atoms. The Labute approximate surface area is 236 Å². The van der Waals surface area contributed by atoms with Gasteiger partial charge in [-0.1, -0.05) is 26.0 Å². The van der Waals surface area contributed by atoms with Crippen molar-refractivity contribution in [2.75, 3.05) is 58.4 Å². The van der Waals surface area contributed by atoms with Gasteiger partial charge >= 0.3 is 0 Å². The largest absolute Gasteiger partial charge is 0.497 e. The molecule has 0 atom stereocenters. The third-order valence-electron chi connectivity index (χ3n) is 6.94. The molecule has 0 aliphatic carbocycles. The summed E-state index contributed by atoms with van der Waals surface area (Å²) in [5.41, 5.74) is 1.66. The molecule has 0 radical (unpaired) electrons. The van der Waals surface area contributed by atoms with E-state index in [1.165, 1.54) is 23.5 Å². The van der Waals surface area contributed by atoms with Crippen molar-refractivity contribution >= 4 is 21.7 Å². The van der Waals surface area contributed by atoms with Gasteiger partial charge in [0.2, 0.25) is 15.9 Å². The number of carbonyl (C=O) groups is 1. The molecule has 1 aromatic heterocycles. The van der Waals surface area contributed by atoms with E-state index in [0.717, 1.165) is 22.8 Å². The van der Waals surface area contributed by atoms with Crippen LogP contribution in [-0.2, 0) is 14.8 Å². The van der Waals surface area contributed by atoms with Gasteiger partial charge < -0.3 is 19.3 Å². The minimum atomic E-state index is -3.85. The molecule has 0 unspecified atom stereocenters. The van der Waals surface area contributed by atoms with Crippen molar-refractivity contribution in [2.45, 2.75) is 25.2 Å². The van der Waals surface area contributed by atoms with Gasteiger partial charge in [0.25, 0.3) is 0 Å². The number of ether oxygens (including phenoxy) is 2. The number of hydrogen-bond acceptors (Lipinski definition) is 8. The first-order valence-electron chi connectivity index (χ1n) is 13.4. The summed E-state index contributed by atoms with van der Waals surface area (Å²) in [6.07, 6.45) is 0.654. The number of hydrogen-bond donors (Lipinski definition) is 0. The van der Waals surface area contributed by atoms with E-state index in [0.29, 0.717) is 44.3 Å². The first kappa shape index (κ1) is 29.3. The van der Waals surface area contributed by atoms with E-state index in [1.54, 1.807) is 24.1 Å². The van der Waals surface area contributed by atoms with Gasteiger partial charge in [-0.3, -0.25) is 4.79 Å². The molecule has 1 saturated heterocycles. The van der Waals surface area contributed by atoms with Gasteiger partial charge in [-0.15, -0.1) is 10.2 Å². The molecule has 0 saturated carbocycles. The predicted octanol–water partition coefficient (Wildman–Crippen LogP) is 3.55. The Bertz CT molecular complexity index is 1370. The van der Waals surface area contributed by atoms with Crippen LogP contribution in [0.4, 0.5) is 5.82 Å². The second kappa shape index (κ2) is 13.1. The molecule has 3 aromatic rings. The lowest BCUT2D eigenvalue weighted by atomic mass is 10.1. The standard InChI is InChI=1S/C29H37N5O5S/c1-22(2)14-15-34(40(36,37)26-10-8-24(38-3)9-11-26)21-29(35)33-18-16-32(17-19-33)28-13-12-27(30-31-28)23-6-5-7-25(20-23)39-4/h5-13,20,22H,14-19,21H2,1-4H3. The molecule has 0 N–H and O–H groups in total. The minimum absolute atomic E-state index is 0.144. The van der Waals surface area contributed by atoms with Crippen LogP contribution >= 0.6 is 0 Å². The zero-order chi connectivity index (χ0) is 28.7. The molecule has 0 bridgehead atoms. The normalized spacial score (nSPS) is 14.1. The highest BCUT2D eigenvalue weighted by atomic mass is 32.2. The van der Waals surface area contributed by atoms with Gasteiger partial charge in [0.15, 0.2) is 5.82 Å². The average Bonchev–Trinajstić information content (AvgIpc) is 2.99. The number of piperazine rings is 1. The van der Waals surface area contributed by atoms with Crippen LogP contribution in [0.5, 0.6) is 11.5 Å². The van der Waals surface area contributed by atoms with Gasteiger partial charge in [0.05, 0.1) is 31.4 Å². The van der Waals surface area contributed by atoms with E-state index in [-0.39, 0.29) is 23.9 Å². The number of carbonyl (C=O) groups excluding carboxylic acids is 1. The topological polar surface area (TPSA) is 105 Å². The first-order valence-corrected chi connectivity index (χ1v) is 14.8. The van der Waals surface area contributed by atoms with E-state index in [9.17, 15) is 13.2 Å². The lowest BCUT2D eigenvalue weighted by Crippen LogP contribution is -2.52. The highest BCUT2D eigenvalue weighted by Gasteiger charge is 2.30. The third kappa shape index (κ3) is 7.08. The Balaban J connectivity index is 1.39. The predicted molar refractivity (Wildman–Crippen MR) is 154 cm³/mol. The second-order valence-corrected chi connectivity index (χ2v) is 12.0. The Kier molecular flexibility index (Phi) is 9.59. The molecule has 11 heteroatoms. The van der Waals surface area contributed by atoms with Crippen LogP contribution in [0.15, 0.2) is 65.6 Å². The Morgan fingerprint density at radius 2 is 1.62 bits per heavy atom. The maximum Gasteiger partial charge on any atom is 0.243 e. The summed E-state index contributed by atoms with van der Waals surface area (Å²) in [4.78, 5) is 17.2. The number of nitrogens with zero attached hydrogens (tertiary/aromatic N) is 5. The Hall–Kier alpha value is -3.70. The molecule has 1 amide bonds. The fourth-order valence-corrected chi connectivity index (χ4v) is 5.85. The summed E-state index contributed by atoms with van der Waals surface area (Å²) in [5.74, 6) is 2.15. The van der Waals surface area contributed by atoms with E-state index < -0.39 is 10.0 Å². The summed E-state index contributed by atoms with van der Waals surface area (Å²) in [5, 5.41) is 8.79. The van der Waals surface area contributed by atoms with Gasteiger partial charge in [0.1, 0.15) is 11.5 Å². The summed E-state index contributed by atoms with van der Waals surface area (Å²) < 4.78 is 38.6. The van der Waals surface area contributed by atoms with Crippen molar-refractivity contribution in [3.05, 3.63) is 60.7 Å². The number of benzene rings is 2. The van der Waals surface area contributed by atoms with Crippen LogP contribution in [0.2, 0.25) is 0 Å². The maximum atomic E-state index is 13.4. The summed E-state index contributed by atoms with van der Waals surface area (Å²) in [6.45, 7) is 6.24. The van der Waals surface area contributed by atoms with Crippen LogP contribution in [0, 0.1) is 5.92 Å². The third-order valence-corrected chi connectivity index (χ3v) is 8.80. The van der Waals surface area contributed by atoms with Crippen LogP contribution in [0.1, 0.15) is 20.3 Å². The smallest absolute Gasteiger partial charge is 0.243 e. The van der Waals surface area contributed by atoms with Crippen molar-refractivity contribution in [1.29, 1.82) is 0 Å². The Morgan fingerprint density at radius 3 is 2.23 bits per heavy atom. The molecular weight excluding hydrogens is 530 g/mol. The molecule has 1 aliphatic heterocycles. The lowest BCUT2D eigenvalue weighted by Gasteiger charge is -2.36. The monoisotopic (exact) mass is 567 g/mol. The zero-order valence-corrected chi connectivity index (χ0v) is 24.3. The highest BCUT2D eigenvalue weighted by molar-refractivity contribution is 7.89. The van der Waals surface area contributed by atoms with E-state index in [2.05, 4.69) is 15.1 Å². The van der Waals surface area contributed by atoms with Crippen molar-refractivity contribution < 1.29 is 22.7 Å². The molecule has 1 fully saturated rings. The first-order chi connectivity index (χ1) is 19.2. The van der Waals surface area contributed by atoms with Crippen LogP contribution < -0.4 is 14.4 Å². The van der Waals surface area contributed by atoms with Crippen molar-refractivity contribution in [3.63, 3.8) is 0 Å². The fourth-order valence-electron chi connectivity index (χ4n) is 4.45. The number of rotatable bonds is 11. The number of sulfonamides is 1. The molecule has 10 nitrogen and oxygen atoms in total. The van der Waals surface area contributed by atoms with Gasteiger partial charge in [0, 0.05) is 38.3 Å². The van der Waals surface area contributed by atoms with Crippen molar-refractivity contribution in [2.24, 2.45) is 5.92 Å². The van der Waals surface area contributed by atoms with Gasteiger partial charge in [-0.2, -0.15) is 4.31 Å². The fraction of sp³-hybridized carbons (Fsp3) is 0.414. The lowest BCUT2D eigenvalue weighted by molar-refractivity contribution is -0.131. The van der Waals surface area contributed by atoms with E-state index in [4.69, 9.17) is 9.47 Å². The van der Waals surface area contributed by atoms with Crippen LogP contribution in [0.3, 0.4) is 0 Å². The summed E-state index contributed by atoms with van der Waals surface area (Å²) in [6, 6.07) is 17.8. The minimum Gasteiger partial charge on any atom is -0.497 e. The van der Waals surface area contributed by atoms with Crippen molar-refractivity contribution in [1.82, 2.24) is 19.4 Å². The summed E-state index contributed by atoms with van der Waals surface area (Å²) in [7, 11) is -0.692. The van der Waals surface area contributed by atoms with Crippen LogP contribution in [0.25, 0.3) is 11.3 Å². The van der Waals surface area contributed by atoms with Gasteiger partial charge in [-0.05, 0) is 60.9 Å². The molecule has 4 rings (SSSR count). The number of aromatic nitrogens is 2. The quantitative estimate of drug-likeness (QED) is 0.347. The average molecular weight is 568 g/mol. The zero-order valence-electron chi connectivity index (χ0n) is 23.5. The molecule has 40 heavy (non-hydrogen) atoms. The molecule has 214 valence electrons. The Morgan fingerprint density at radius 1 is 0.925 bits per heavy atom. The summed E-state index contributed by atoms with van der Waals surface area (Å²) >= 11 is 0. The van der Waals surface area contributed by atoms with E-state index in [1.807, 2.05) is 50.2 Å². The second-order valence-electron chi connectivity index (χ2n) is 10.1. The number of methoxy groups -OCH3 is 2. The van der Waals surface area contributed by atoms with Crippen molar-refractivity contribution in [3.8, 4) is 22.8 Å². The molecular formula is C29H37N5O5S. The van der Waals surface area contributed by atoms with Gasteiger partial charge in [-0.25, -0.2) is 8.42 Å². The number of amides is 1.